The van der Waals surface area contributed by atoms with E-state index in [0.717, 1.165) is 113 Å². The number of nitrogens with zero attached hydrogens (tertiary/aromatic N) is 9. The molecule has 12 fully saturated rings. The molecule has 24 nitrogen and oxygen atoms in total. The second-order valence-corrected chi connectivity index (χ2v) is 41.5. The summed E-state index contributed by atoms with van der Waals surface area (Å²) in [6.45, 7) is 21.2. The van der Waals surface area contributed by atoms with E-state index in [1.54, 1.807) is 32.6 Å². The number of aliphatic hydroxyl groups excluding tert-OH is 9. The summed E-state index contributed by atoms with van der Waals surface area (Å²) in [5.74, 6) is 2.37. The molecular formula is C90H135N9O15. The number of aliphatic hydroxyl groups is 9. The zero-order valence-corrected chi connectivity index (χ0v) is 69.4. The molecule has 0 spiro atoms. The molecule has 33 atom stereocenters. The molecule has 24 heteroatoms. The number of carbonyl (C=O) groups excluding carboxylic acids is 3. The normalized spacial score (nSPS) is 43.4. The zero-order chi connectivity index (χ0) is 80.5. The van der Waals surface area contributed by atoms with Crippen molar-refractivity contribution in [3.05, 3.63) is 70.6 Å². The summed E-state index contributed by atoms with van der Waals surface area (Å²) in [5, 5.41) is 130. The van der Waals surface area contributed by atoms with Gasteiger partial charge in [-0.05, 0) is 310 Å². The van der Waals surface area contributed by atoms with Crippen LogP contribution in [0.25, 0.3) is 0 Å². The number of hydrogen-bond acceptors (Lipinski definition) is 21. The van der Waals surface area contributed by atoms with Crippen molar-refractivity contribution in [1.29, 1.82) is 0 Å². The van der Waals surface area contributed by atoms with Crippen molar-refractivity contribution in [2.45, 2.75) is 330 Å². The molecule has 630 valence electrons. The molecule has 9 N–H and O–H groups in total. The lowest BCUT2D eigenvalue weighted by atomic mass is 9.43. The van der Waals surface area contributed by atoms with Gasteiger partial charge in [-0.3, -0.25) is 14.4 Å². The van der Waals surface area contributed by atoms with Crippen molar-refractivity contribution in [2.75, 3.05) is 0 Å². The van der Waals surface area contributed by atoms with E-state index in [0.29, 0.717) is 94.5 Å². The first-order chi connectivity index (χ1) is 54.3. The van der Waals surface area contributed by atoms with E-state index in [4.69, 9.17) is 14.2 Å². The molecule has 1 aromatic carbocycles. The molecule has 4 aromatic rings. The Morgan fingerprint density at radius 3 is 0.930 bits per heavy atom. The van der Waals surface area contributed by atoms with Crippen LogP contribution in [0.2, 0.25) is 0 Å². The van der Waals surface area contributed by atoms with Crippen LogP contribution >= 0.6 is 0 Å². The van der Waals surface area contributed by atoms with Gasteiger partial charge >= 0.3 is 17.9 Å². The van der Waals surface area contributed by atoms with Crippen molar-refractivity contribution in [3.8, 4) is 0 Å². The van der Waals surface area contributed by atoms with Gasteiger partial charge in [0.1, 0.15) is 36.9 Å². The summed E-state index contributed by atoms with van der Waals surface area (Å²) >= 11 is 0. The maximum Gasteiger partial charge on any atom is 0.306 e. The number of rotatable bonds is 24. The van der Waals surface area contributed by atoms with Crippen molar-refractivity contribution >= 4 is 17.9 Å². The Kier molecular flexibility index (Phi) is 23.1. The van der Waals surface area contributed by atoms with E-state index in [9.17, 15) is 60.3 Å². The monoisotopic (exact) mass is 1580 g/mol. The number of aromatic nitrogens is 9. The van der Waals surface area contributed by atoms with E-state index < -0.39 is 36.6 Å². The highest BCUT2D eigenvalue weighted by Crippen LogP contribution is 2.72. The van der Waals surface area contributed by atoms with Crippen LogP contribution in [0.3, 0.4) is 0 Å². The topological polar surface area (TPSA) is 353 Å². The van der Waals surface area contributed by atoms with E-state index in [1.165, 1.54) is 0 Å². The fourth-order valence-corrected chi connectivity index (χ4v) is 29.8. The summed E-state index contributed by atoms with van der Waals surface area (Å²) in [5.41, 5.74) is 3.01. The van der Waals surface area contributed by atoms with Crippen LogP contribution in [0.5, 0.6) is 0 Å². The summed E-state index contributed by atoms with van der Waals surface area (Å²) < 4.78 is 22.7. The Morgan fingerprint density at radius 1 is 0.386 bits per heavy atom. The number of carbonyl (C=O) groups is 3. The molecule has 12 saturated carbocycles. The van der Waals surface area contributed by atoms with Crippen molar-refractivity contribution in [3.63, 3.8) is 0 Å². The lowest BCUT2D eigenvalue weighted by Gasteiger charge is -2.63. The Labute approximate surface area is 673 Å². The second kappa shape index (κ2) is 32.0. The van der Waals surface area contributed by atoms with Gasteiger partial charge in [0.05, 0.1) is 93.2 Å². The first-order valence-corrected chi connectivity index (χ1v) is 44.7. The molecule has 0 bridgehead atoms. The standard InChI is InChI=1S/C90H135N9O15/c1-49(64-13-16-67-82-70(37-76(106)88(64,67)7)85(4)25-22-61(100)31-55(85)34-73(82)103)10-19-79(109)112-46-58-43-97(94-91-58)40-52-28-53(41-98-44-59(92-95-98)47-113-80(110)20-11-50(2)65-14-17-68-83-71(38-77(107)89(65,68)8)86(5)26-23-62(101)32-56(86)35-74(83)104)30-54(29-52)42-99-45-60(93-96-99)48-114-81(111)21-12-51(3)66-15-18-69-84-72(39-78(108)90(66,69)9)87(6)27-24-63(102)33-57(87)36-75(84)105/h28-30,43-45,49-51,55-57,61-78,82-84,100-108H,10-27,31-42,46-48H2,1-9H3/t49-,50-,51-,55+,56+,57+,61-,62-,63-,64-,65-,66-,67+,68+,69+,70+,71+,72+,73-,74-,75-,76+,77+,78+,82+,83+,84+,85+,86+,87+,88-,89-,90-/m1/s1. The molecule has 0 radical (unpaired) electrons. The van der Waals surface area contributed by atoms with Gasteiger partial charge in [0.2, 0.25) is 0 Å². The van der Waals surface area contributed by atoms with Crippen LogP contribution in [0, 0.1) is 139 Å². The smallest absolute Gasteiger partial charge is 0.306 e. The fraction of sp³-hybridized carbons (Fsp3) is 0.833. The summed E-state index contributed by atoms with van der Waals surface area (Å²) in [6, 6.07) is 6.17. The van der Waals surface area contributed by atoms with Gasteiger partial charge in [0.15, 0.2) is 0 Å². The number of ether oxygens (including phenoxy) is 3. The fourth-order valence-electron chi connectivity index (χ4n) is 29.8. The lowest BCUT2D eigenvalue weighted by Crippen LogP contribution is -2.62. The quantitative estimate of drug-likeness (QED) is 0.0232. The molecule has 3 aromatic heterocycles. The van der Waals surface area contributed by atoms with Crippen molar-refractivity contribution in [1.82, 2.24) is 45.0 Å². The predicted molar refractivity (Wildman–Crippen MR) is 420 cm³/mol. The largest absolute Gasteiger partial charge is 0.459 e. The minimum Gasteiger partial charge on any atom is -0.459 e. The molecule has 0 saturated heterocycles. The highest BCUT2D eigenvalue weighted by molar-refractivity contribution is 5.70. The van der Waals surface area contributed by atoms with Gasteiger partial charge in [0.25, 0.3) is 0 Å². The van der Waals surface area contributed by atoms with E-state index in [1.807, 2.05) is 0 Å². The van der Waals surface area contributed by atoms with Crippen molar-refractivity contribution in [2.24, 2.45) is 139 Å². The maximum absolute atomic E-state index is 13.6. The maximum atomic E-state index is 13.6. The van der Waals surface area contributed by atoms with Crippen LogP contribution in [0.4, 0.5) is 0 Å². The summed E-state index contributed by atoms with van der Waals surface area (Å²) in [6.07, 6.45) is 21.1. The van der Waals surface area contributed by atoms with Gasteiger partial charge in [-0.15, -0.1) is 15.3 Å². The third-order valence-corrected chi connectivity index (χ3v) is 36.0. The number of hydrogen-bond donors (Lipinski definition) is 9. The molecule has 114 heavy (non-hydrogen) atoms. The molecular weight excluding hydrogens is 1450 g/mol. The van der Waals surface area contributed by atoms with Crippen LogP contribution in [-0.4, -0.2) is 164 Å². The highest BCUT2D eigenvalue weighted by Gasteiger charge is 2.70. The third-order valence-electron chi connectivity index (χ3n) is 36.0. The Morgan fingerprint density at radius 2 is 0.658 bits per heavy atom. The Hall–Kier alpha value is -5.31. The van der Waals surface area contributed by atoms with Crippen LogP contribution in [0.15, 0.2) is 36.8 Å². The average molecular weight is 1580 g/mol. The molecule has 16 rings (SSSR count). The van der Waals surface area contributed by atoms with E-state index in [-0.39, 0.29) is 214 Å². The first-order valence-electron chi connectivity index (χ1n) is 44.7. The van der Waals surface area contributed by atoms with Gasteiger partial charge in [0, 0.05) is 19.3 Å². The predicted octanol–water partition coefficient (Wildman–Crippen LogP) is 10.9. The second-order valence-electron chi connectivity index (χ2n) is 41.5. The number of esters is 3. The van der Waals surface area contributed by atoms with E-state index in [2.05, 4.69) is 111 Å². The minimum atomic E-state index is -0.509. The summed E-state index contributed by atoms with van der Waals surface area (Å²) in [4.78, 5) is 40.7. The molecule has 12 aliphatic rings. The number of benzene rings is 1. The molecule has 0 amide bonds. The Bertz CT molecular complexity index is 3660. The van der Waals surface area contributed by atoms with Crippen LogP contribution in [-0.2, 0) is 68.0 Å². The average Bonchev–Trinajstić information content (AvgIpc) is 1.42. The highest BCUT2D eigenvalue weighted by atomic mass is 16.5. The number of fused-ring (bicyclic) bond motifs is 15. The first kappa shape index (κ1) is 82.4. The molecule has 3 heterocycles. The van der Waals surface area contributed by atoms with E-state index >= 15 is 0 Å². The van der Waals surface area contributed by atoms with Gasteiger partial charge in [-0.2, -0.15) is 0 Å². The minimum absolute atomic E-state index is 0.00393. The van der Waals surface area contributed by atoms with Gasteiger partial charge in [-0.25, -0.2) is 14.0 Å². The SMILES string of the molecule is C[C@H](CCC(=O)OCc1cn(Cc2cc(Cn3cc(COC(=O)CC[C@@H](C)[C@H]4CC[C@H]5[C@@H]6[C@H](O)C[C@@H]7C[C@H](O)CC[C@]7(C)[C@H]6C[C@H](O)[C@]45C)nn3)cc(Cn3cc(COC(=O)CC[C@@H](C)[C@H]4CC[C@H]5[C@@H]6[C@H](O)C[C@@H]7C[C@H](O)CC[C@]7(C)[C@H]6C[C@H](O)[C@]45C)nn3)c2)nn1)[C@H]1CC[C@H]2[C@@H]3[C@H](O)C[C@@H]4C[C@H](O)CC[C@]4(C)[C@H]3C[C@H](O)[C@]12C. The summed E-state index contributed by atoms with van der Waals surface area (Å²) in [7, 11) is 0. The lowest BCUT2D eigenvalue weighted by molar-refractivity contribution is -0.207. The van der Waals surface area contributed by atoms with Gasteiger partial charge in [-0.1, -0.05) is 96.2 Å². The Balaban J connectivity index is 0.536. The molecule has 0 unspecified atom stereocenters. The van der Waals surface area contributed by atoms with Crippen LogP contribution in [0.1, 0.15) is 269 Å². The molecule has 12 aliphatic carbocycles. The van der Waals surface area contributed by atoms with Crippen molar-refractivity contribution < 1.29 is 74.6 Å². The molecule has 0 aliphatic heterocycles. The zero-order valence-electron chi connectivity index (χ0n) is 69.4. The van der Waals surface area contributed by atoms with Gasteiger partial charge < -0.3 is 60.2 Å². The van der Waals surface area contributed by atoms with Crippen LogP contribution < -0.4 is 0 Å². The third kappa shape index (κ3) is 14.9.